The Kier molecular flexibility index (Phi) is 568. The van der Waals surface area contributed by atoms with Crippen molar-refractivity contribution in [2.75, 3.05) is 21.0 Å². The van der Waals surface area contributed by atoms with Gasteiger partial charge in [-0.3, -0.25) is 0 Å². The molecule has 0 spiro atoms. The number of ether oxygens (including phenoxy) is 1. The van der Waals surface area contributed by atoms with Gasteiger partial charge in [-0.1, -0.05) is 22.3 Å². The van der Waals surface area contributed by atoms with E-state index >= 15 is 0 Å². The number of aliphatic hydroxyl groups excluding tert-OH is 2. The van der Waals surface area contributed by atoms with Crippen LogP contribution in [-0.2, 0) is 14.3 Å². The first-order valence-electron chi connectivity index (χ1n) is 3.09. The Morgan fingerprint density at radius 2 is 0.944 bits per heavy atom. The first-order valence-corrected chi connectivity index (χ1v) is 3.09. The molecule has 0 atom stereocenters. The Balaban J connectivity index is -0.00000000543. The monoisotopic (exact) mass is 350 g/mol. The summed E-state index contributed by atoms with van der Waals surface area (Å²) >= 11 is 0. The van der Waals surface area contributed by atoms with Crippen LogP contribution in [-0.4, -0.2) is 43.8 Å². The van der Waals surface area contributed by atoms with Crippen LogP contribution >= 0.6 is 0 Å². The van der Waals surface area contributed by atoms with E-state index < -0.39 is 0 Å². The van der Waals surface area contributed by atoms with E-state index in [1.165, 1.54) is 21.0 Å². The summed E-state index contributed by atoms with van der Waals surface area (Å²) in [6.07, 6.45) is 1.50. The number of rotatable bonds is 1. The first kappa shape index (κ1) is 69.4. The molecular formula is C10H30Ar3O5. The van der Waals surface area contributed by atoms with Gasteiger partial charge in [0, 0.05) is 127 Å². The number of hydrogen-bond acceptors (Lipinski definition) is 5. The van der Waals surface area contributed by atoms with Gasteiger partial charge in [0.05, 0.1) is 0 Å². The van der Waals surface area contributed by atoms with E-state index in [0.717, 1.165) is 19.7 Å². The van der Waals surface area contributed by atoms with E-state index in [0.29, 0.717) is 0 Å². The molecule has 0 bridgehead atoms. The van der Waals surface area contributed by atoms with Crippen LogP contribution in [0.4, 0.5) is 0 Å². The predicted octanol–water partition coefficient (Wildman–Crippen LogP) is 1.51. The largest absolute Gasteiger partial charge is 0.400 e. The van der Waals surface area contributed by atoms with Crippen LogP contribution in [0.25, 0.3) is 0 Å². The van der Waals surface area contributed by atoms with Gasteiger partial charge in [-0.05, 0) is 13.8 Å². The van der Waals surface area contributed by atoms with E-state index in [1.807, 2.05) is 0 Å². The van der Waals surface area contributed by atoms with Gasteiger partial charge in [-0.15, -0.1) is 0 Å². The fourth-order valence-corrected chi connectivity index (χ4v) is 0. The Morgan fingerprint density at radius 1 is 0.889 bits per heavy atom. The molecule has 0 aliphatic heterocycles. The molecular weight excluding hydrogens is 320 g/mol. The minimum Gasteiger partial charge on any atom is -0.400 e. The third-order valence-corrected chi connectivity index (χ3v) is 0.129. The van der Waals surface area contributed by atoms with E-state index in [-0.39, 0.29) is 142 Å². The molecule has 0 aliphatic carbocycles. The van der Waals surface area contributed by atoms with Crippen LogP contribution in [0.1, 0.15) is 36.1 Å². The zero-order chi connectivity index (χ0) is 10.8. The van der Waals surface area contributed by atoms with Crippen molar-refractivity contribution in [1.82, 2.24) is 0 Å². The molecule has 0 aromatic carbocycles. The molecule has 2 N–H and O–H groups in total. The Hall–Kier alpha value is 3.00. The van der Waals surface area contributed by atoms with Crippen molar-refractivity contribution in [1.29, 1.82) is 0 Å². The Morgan fingerprint density at radius 3 is 0.944 bits per heavy atom. The number of aldehydes is 2. The maximum absolute atomic E-state index is 8.81. The Bertz CT molecular complexity index is 61.5. The van der Waals surface area contributed by atoms with Crippen molar-refractivity contribution in [3.8, 4) is 0 Å². The van der Waals surface area contributed by atoms with Crippen molar-refractivity contribution in [3.63, 3.8) is 0 Å². The average Bonchev–Trinajstić information content (AvgIpc) is 2.10. The van der Waals surface area contributed by atoms with E-state index in [2.05, 4.69) is 4.74 Å². The van der Waals surface area contributed by atoms with Crippen LogP contribution in [0.2, 0.25) is 0 Å². The summed E-state index contributed by atoms with van der Waals surface area (Å²) in [7, 11) is 2.43. The molecule has 18 heavy (non-hydrogen) atoms. The standard InChI is InChI=1S/C2H6O2.2C2H4O.CH4O.3CH4.3Ar/c1-4-2-3;2*1-2-3;1-2;;;;;;/h3H,2H2,1H3;2*2H,1H3;2H,1H3;3*1H4;;;. The molecule has 0 aliphatic rings. The van der Waals surface area contributed by atoms with Gasteiger partial charge in [0.15, 0.2) is 0 Å². The van der Waals surface area contributed by atoms with Crippen LogP contribution in [0.15, 0.2) is 0 Å². The molecule has 0 saturated heterocycles. The maximum atomic E-state index is 8.81. The Labute approximate surface area is 203 Å². The smallest absolute Gasteiger partial charge is 0.143 e. The van der Waals surface area contributed by atoms with Gasteiger partial charge in [0.1, 0.15) is 19.4 Å². The minimum absolute atomic E-state index is 0. The van der Waals surface area contributed by atoms with Gasteiger partial charge in [0.2, 0.25) is 0 Å². The number of carbonyl (C=O) groups is 2. The average molecular weight is 350 g/mol. The number of hydrogen-bond donors (Lipinski definition) is 2. The normalized spacial score (nSPS) is 3.44. The van der Waals surface area contributed by atoms with Crippen LogP contribution in [0, 0.1) is 113 Å². The SMILES string of the molecule is C.C.C.CC=O.CC=O.CO.COCO.[Ar].[Ar].[Ar]. The third-order valence-electron chi connectivity index (χ3n) is 0.129. The van der Waals surface area contributed by atoms with Gasteiger partial charge >= 0.3 is 0 Å². The predicted molar refractivity (Wildman–Crippen MR) is 65.9 cm³/mol. The summed E-state index contributed by atoms with van der Waals surface area (Å²) < 4.78 is 4.10. The molecule has 0 saturated carbocycles. The molecule has 0 rings (SSSR count). The van der Waals surface area contributed by atoms with Crippen molar-refractivity contribution in [2.45, 2.75) is 36.1 Å². The van der Waals surface area contributed by atoms with E-state index in [1.54, 1.807) is 0 Å². The second-order valence-corrected chi connectivity index (χ2v) is 0.889. The van der Waals surface area contributed by atoms with Crippen molar-refractivity contribution >= 4 is 12.6 Å². The van der Waals surface area contributed by atoms with Gasteiger partial charge in [0.25, 0.3) is 0 Å². The summed E-state index contributed by atoms with van der Waals surface area (Å²) in [6.45, 7) is 2.71. The topological polar surface area (TPSA) is 83.8 Å². The summed E-state index contributed by atoms with van der Waals surface area (Å²) in [5.41, 5.74) is 0. The summed E-state index contributed by atoms with van der Waals surface area (Å²) in [5.74, 6) is 0. The molecule has 0 heterocycles. The molecule has 0 amide bonds. The van der Waals surface area contributed by atoms with Crippen LogP contribution < -0.4 is 0 Å². The molecule has 0 fully saturated rings. The second-order valence-electron chi connectivity index (χ2n) is 0.889. The number of aliphatic hydroxyl groups is 2. The van der Waals surface area contributed by atoms with Crippen molar-refractivity contribution in [3.05, 3.63) is 0 Å². The zero-order valence-electron chi connectivity index (χ0n) is 9.04. The van der Waals surface area contributed by atoms with Gasteiger partial charge < -0.3 is 24.5 Å². The molecule has 0 radical (unpaired) electrons. The van der Waals surface area contributed by atoms with Gasteiger partial charge in [-0.25, -0.2) is 0 Å². The zero-order valence-corrected chi connectivity index (χ0v) is 11.2. The molecule has 0 aromatic heterocycles. The molecule has 5 nitrogen and oxygen atoms in total. The summed E-state index contributed by atoms with van der Waals surface area (Å²) in [4.78, 5) is 17.6. The van der Waals surface area contributed by atoms with E-state index in [4.69, 9.17) is 19.8 Å². The fourth-order valence-electron chi connectivity index (χ4n) is 0. The number of methoxy groups -OCH3 is 1. The van der Waals surface area contributed by atoms with Crippen molar-refractivity contribution < 1.29 is 138 Å². The first-order chi connectivity index (χ1) is 5.74. The number of carbonyl (C=O) groups excluding carboxylic acids is 2. The maximum Gasteiger partial charge on any atom is 0.143 e. The fraction of sp³-hybridized carbons (Fsp3) is 0.800. The third kappa shape index (κ3) is 385. The van der Waals surface area contributed by atoms with E-state index in [9.17, 15) is 0 Å². The van der Waals surface area contributed by atoms with Crippen LogP contribution in [0.3, 0.4) is 0 Å². The molecule has 8 heteroatoms. The van der Waals surface area contributed by atoms with Crippen LogP contribution in [0.5, 0.6) is 0 Å². The molecule has 0 aromatic rings. The second kappa shape index (κ2) is 147. The minimum atomic E-state index is -0.181. The quantitative estimate of drug-likeness (QED) is 0.553. The molecule has 124 valence electrons. The summed E-state index contributed by atoms with van der Waals surface area (Å²) in [5, 5.41) is 14.7. The van der Waals surface area contributed by atoms with Gasteiger partial charge in [-0.2, -0.15) is 0 Å². The summed E-state index contributed by atoms with van der Waals surface area (Å²) in [6, 6.07) is 0. The molecule has 0 unspecified atom stereocenters. The van der Waals surface area contributed by atoms with Crippen molar-refractivity contribution in [2.24, 2.45) is 0 Å².